The number of aryl methyl sites for hydroxylation is 1. The Morgan fingerprint density at radius 3 is 2.76 bits per heavy atom. The number of aromatic nitrogens is 1. The van der Waals surface area contributed by atoms with Crippen LogP contribution in [-0.2, 0) is 6.54 Å². The summed E-state index contributed by atoms with van der Waals surface area (Å²) in [7, 11) is 1.91. The van der Waals surface area contributed by atoms with Crippen molar-refractivity contribution in [3.63, 3.8) is 0 Å². The van der Waals surface area contributed by atoms with Gasteiger partial charge in [-0.3, -0.25) is 4.79 Å². The van der Waals surface area contributed by atoms with E-state index in [0.717, 1.165) is 29.3 Å². The molecule has 0 aliphatic heterocycles. The molecule has 21 heavy (non-hydrogen) atoms. The fraction of sp³-hybridized carbons (Fsp3) is 0.471. The Morgan fingerprint density at radius 1 is 1.38 bits per heavy atom. The molecule has 0 radical (unpaired) electrons. The largest absolute Gasteiger partial charge is 0.350 e. The van der Waals surface area contributed by atoms with Crippen LogP contribution in [0.4, 0.5) is 0 Å². The Kier molecular flexibility index (Phi) is 3.72. The van der Waals surface area contributed by atoms with Crippen LogP contribution in [0.3, 0.4) is 0 Å². The standard InChI is InChI=1S/C17H23N3O/c1-11-7-8-15-13(9-11)14(10-18)16(19-15)17(21)20(2)12-5-3-4-6-12/h7-9,12,19H,3-6,10,18H2,1-2H3. The molecule has 0 atom stereocenters. The molecule has 1 amide bonds. The number of benzene rings is 1. The fourth-order valence-corrected chi connectivity index (χ4v) is 3.39. The van der Waals surface area contributed by atoms with E-state index in [9.17, 15) is 4.79 Å². The molecule has 112 valence electrons. The molecular weight excluding hydrogens is 262 g/mol. The second kappa shape index (κ2) is 5.53. The highest BCUT2D eigenvalue weighted by Crippen LogP contribution is 2.27. The van der Waals surface area contributed by atoms with Crippen molar-refractivity contribution in [1.29, 1.82) is 0 Å². The highest BCUT2D eigenvalue weighted by molar-refractivity contribution is 6.01. The number of hydrogen-bond donors (Lipinski definition) is 2. The summed E-state index contributed by atoms with van der Waals surface area (Å²) in [5.41, 5.74) is 9.68. The van der Waals surface area contributed by atoms with Crippen LogP contribution < -0.4 is 5.73 Å². The summed E-state index contributed by atoms with van der Waals surface area (Å²) in [6, 6.07) is 6.54. The van der Waals surface area contributed by atoms with Crippen molar-refractivity contribution in [1.82, 2.24) is 9.88 Å². The van der Waals surface area contributed by atoms with Gasteiger partial charge in [0.1, 0.15) is 5.69 Å². The number of nitrogens with one attached hydrogen (secondary N) is 1. The van der Waals surface area contributed by atoms with E-state index in [1.807, 2.05) is 24.1 Å². The summed E-state index contributed by atoms with van der Waals surface area (Å²) in [5, 5.41) is 1.07. The smallest absolute Gasteiger partial charge is 0.270 e. The van der Waals surface area contributed by atoms with Crippen molar-refractivity contribution in [3.05, 3.63) is 35.0 Å². The average Bonchev–Trinajstić information content (AvgIpc) is 3.12. The van der Waals surface area contributed by atoms with Crippen LogP contribution in [0.1, 0.15) is 47.3 Å². The van der Waals surface area contributed by atoms with Crippen molar-refractivity contribution in [2.45, 2.75) is 45.2 Å². The van der Waals surface area contributed by atoms with Gasteiger partial charge in [0.2, 0.25) is 0 Å². The first-order chi connectivity index (χ1) is 10.1. The summed E-state index contributed by atoms with van der Waals surface area (Å²) in [6.45, 7) is 2.43. The zero-order valence-corrected chi connectivity index (χ0v) is 12.8. The number of hydrogen-bond acceptors (Lipinski definition) is 2. The van der Waals surface area contributed by atoms with Gasteiger partial charge in [0.25, 0.3) is 5.91 Å². The Labute approximate surface area is 125 Å². The number of H-pyrrole nitrogens is 1. The lowest BCUT2D eigenvalue weighted by atomic mass is 10.1. The van der Waals surface area contributed by atoms with Crippen molar-refractivity contribution in [3.8, 4) is 0 Å². The Bertz CT molecular complexity index is 668. The third kappa shape index (κ3) is 2.44. The molecule has 1 aliphatic rings. The molecule has 1 fully saturated rings. The van der Waals surface area contributed by atoms with Crippen LogP contribution in [0.2, 0.25) is 0 Å². The number of nitrogens with zero attached hydrogens (tertiary/aromatic N) is 1. The molecule has 4 heteroatoms. The minimum atomic E-state index is 0.0659. The van der Waals surface area contributed by atoms with E-state index >= 15 is 0 Å². The number of rotatable bonds is 3. The molecular formula is C17H23N3O. The number of aromatic amines is 1. The molecule has 1 aliphatic carbocycles. The molecule has 0 bridgehead atoms. The second-order valence-electron chi connectivity index (χ2n) is 6.09. The Balaban J connectivity index is 2.00. The molecule has 1 aromatic heterocycles. The van der Waals surface area contributed by atoms with Crippen molar-refractivity contribution >= 4 is 16.8 Å². The summed E-state index contributed by atoms with van der Waals surface area (Å²) in [5.74, 6) is 0.0659. The summed E-state index contributed by atoms with van der Waals surface area (Å²) in [4.78, 5) is 18.0. The van der Waals surface area contributed by atoms with E-state index in [0.29, 0.717) is 18.3 Å². The van der Waals surface area contributed by atoms with Gasteiger partial charge in [0.05, 0.1) is 0 Å². The Hall–Kier alpha value is -1.81. The molecule has 0 saturated heterocycles. The summed E-state index contributed by atoms with van der Waals surface area (Å²) < 4.78 is 0. The number of nitrogens with two attached hydrogens (primary N) is 1. The van der Waals surface area contributed by atoms with Crippen LogP contribution in [0, 0.1) is 6.92 Å². The summed E-state index contributed by atoms with van der Waals surface area (Å²) in [6.07, 6.45) is 4.66. The Morgan fingerprint density at radius 2 is 2.10 bits per heavy atom. The van der Waals surface area contributed by atoms with Gasteiger partial charge in [-0.1, -0.05) is 24.5 Å². The predicted octanol–water partition coefficient (Wildman–Crippen LogP) is 2.95. The van der Waals surface area contributed by atoms with E-state index < -0.39 is 0 Å². The maximum atomic E-state index is 12.8. The zero-order chi connectivity index (χ0) is 15.0. The van der Waals surface area contributed by atoms with E-state index in [-0.39, 0.29) is 5.91 Å². The van der Waals surface area contributed by atoms with Crippen LogP contribution in [-0.4, -0.2) is 28.9 Å². The predicted molar refractivity (Wildman–Crippen MR) is 85.3 cm³/mol. The van der Waals surface area contributed by atoms with Gasteiger partial charge in [-0.2, -0.15) is 0 Å². The van der Waals surface area contributed by atoms with Crippen molar-refractivity contribution in [2.24, 2.45) is 5.73 Å². The molecule has 0 unspecified atom stereocenters. The first kappa shape index (κ1) is 14.1. The minimum absolute atomic E-state index is 0.0659. The van der Waals surface area contributed by atoms with Crippen LogP contribution in [0.5, 0.6) is 0 Å². The van der Waals surface area contributed by atoms with Crippen LogP contribution in [0.25, 0.3) is 10.9 Å². The maximum Gasteiger partial charge on any atom is 0.270 e. The normalized spacial score (nSPS) is 15.8. The second-order valence-corrected chi connectivity index (χ2v) is 6.09. The molecule has 1 aromatic carbocycles. The van der Waals surface area contributed by atoms with Gasteiger partial charge < -0.3 is 15.6 Å². The van der Waals surface area contributed by atoms with Gasteiger partial charge in [-0.05, 0) is 31.9 Å². The zero-order valence-electron chi connectivity index (χ0n) is 12.8. The van der Waals surface area contributed by atoms with Gasteiger partial charge >= 0.3 is 0 Å². The molecule has 1 heterocycles. The lowest BCUT2D eigenvalue weighted by Gasteiger charge is -2.24. The van der Waals surface area contributed by atoms with Gasteiger partial charge in [-0.15, -0.1) is 0 Å². The van der Waals surface area contributed by atoms with Crippen molar-refractivity contribution in [2.75, 3.05) is 7.05 Å². The number of carbonyl (C=O) groups excluding carboxylic acids is 1. The third-order valence-electron chi connectivity index (χ3n) is 4.67. The molecule has 4 nitrogen and oxygen atoms in total. The average molecular weight is 285 g/mol. The lowest BCUT2D eigenvalue weighted by molar-refractivity contribution is 0.0729. The molecule has 1 saturated carbocycles. The number of carbonyl (C=O) groups is 1. The van der Waals surface area contributed by atoms with Gasteiger partial charge in [-0.25, -0.2) is 0 Å². The van der Waals surface area contributed by atoms with E-state index in [4.69, 9.17) is 5.73 Å². The van der Waals surface area contributed by atoms with E-state index in [1.54, 1.807) is 0 Å². The minimum Gasteiger partial charge on any atom is -0.350 e. The van der Waals surface area contributed by atoms with Crippen molar-refractivity contribution < 1.29 is 4.79 Å². The first-order valence-electron chi connectivity index (χ1n) is 7.70. The fourth-order valence-electron chi connectivity index (χ4n) is 3.39. The highest BCUT2D eigenvalue weighted by atomic mass is 16.2. The topological polar surface area (TPSA) is 62.1 Å². The third-order valence-corrected chi connectivity index (χ3v) is 4.67. The van der Waals surface area contributed by atoms with Crippen LogP contribution in [0.15, 0.2) is 18.2 Å². The highest BCUT2D eigenvalue weighted by Gasteiger charge is 2.27. The monoisotopic (exact) mass is 285 g/mol. The first-order valence-corrected chi connectivity index (χ1v) is 7.70. The van der Waals surface area contributed by atoms with Gasteiger partial charge in [0, 0.05) is 36.1 Å². The number of fused-ring (bicyclic) bond motifs is 1. The quantitative estimate of drug-likeness (QED) is 0.910. The van der Waals surface area contributed by atoms with E-state index in [2.05, 4.69) is 18.0 Å². The molecule has 2 aromatic rings. The maximum absolute atomic E-state index is 12.8. The van der Waals surface area contributed by atoms with Crippen LogP contribution >= 0.6 is 0 Å². The van der Waals surface area contributed by atoms with Gasteiger partial charge in [0.15, 0.2) is 0 Å². The molecule has 3 N–H and O–H groups in total. The molecule has 0 spiro atoms. The SMILES string of the molecule is Cc1ccc2[nH]c(C(=O)N(C)C3CCCC3)c(CN)c2c1. The number of amides is 1. The molecule has 3 rings (SSSR count). The lowest BCUT2D eigenvalue weighted by Crippen LogP contribution is -2.36. The van der Waals surface area contributed by atoms with E-state index in [1.165, 1.54) is 18.4 Å². The summed E-state index contributed by atoms with van der Waals surface area (Å²) >= 11 is 0.